The summed E-state index contributed by atoms with van der Waals surface area (Å²) in [5.41, 5.74) is 7.44. The van der Waals surface area contributed by atoms with Crippen molar-refractivity contribution in [3.05, 3.63) is 28.2 Å². The molecule has 1 aliphatic heterocycles. The van der Waals surface area contributed by atoms with Gasteiger partial charge in [-0.3, -0.25) is 5.41 Å². The smallest absolute Gasteiger partial charge is 0.124 e. The standard InChI is InChI=1S/C13H18BrN3O/c1-8-6-17(7-9(2)18-8)12-4-3-10(14)5-11(12)13(15)16/h3-5,8-9H,6-7H2,1-2H3,(H3,15,16)/t8-,9+. The van der Waals surface area contributed by atoms with E-state index in [0.29, 0.717) is 0 Å². The molecule has 0 radical (unpaired) electrons. The highest BCUT2D eigenvalue weighted by atomic mass is 79.9. The Balaban J connectivity index is 2.35. The maximum Gasteiger partial charge on any atom is 0.124 e. The third kappa shape index (κ3) is 2.84. The topological polar surface area (TPSA) is 62.3 Å². The molecule has 1 saturated heterocycles. The molecule has 0 unspecified atom stereocenters. The predicted octanol–water partition coefficient (Wildman–Crippen LogP) is 2.35. The van der Waals surface area contributed by atoms with Crippen LogP contribution in [0.5, 0.6) is 0 Å². The lowest BCUT2D eigenvalue weighted by molar-refractivity contribution is -0.00522. The Morgan fingerprint density at radius 1 is 1.39 bits per heavy atom. The molecule has 1 fully saturated rings. The van der Waals surface area contributed by atoms with Crippen LogP contribution in [-0.2, 0) is 4.74 Å². The number of morpholine rings is 1. The number of nitrogen functional groups attached to an aromatic ring is 1. The fourth-order valence-electron chi connectivity index (χ4n) is 2.37. The molecule has 18 heavy (non-hydrogen) atoms. The van der Waals surface area contributed by atoms with Crippen LogP contribution in [0.15, 0.2) is 22.7 Å². The van der Waals surface area contributed by atoms with Crippen molar-refractivity contribution in [1.82, 2.24) is 0 Å². The van der Waals surface area contributed by atoms with E-state index in [1.54, 1.807) is 0 Å². The maximum absolute atomic E-state index is 7.69. The number of nitrogens with one attached hydrogen (secondary N) is 1. The van der Waals surface area contributed by atoms with Crippen molar-refractivity contribution in [2.24, 2.45) is 5.73 Å². The van der Waals surface area contributed by atoms with Crippen LogP contribution in [0.25, 0.3) is 0 Å². The molecule has 1 aliphatic rings. The highest BCUT2D eigenvalue weighted by Gasteiger charge is 2.24. The number of anilines is 1. The second-order valence-electron chi connectivity index (χ2n) is 4.74. The summed E-state index contributed by atoms with van der Waals surface area (Å²) in [5, 5.41) is 7.69. The number of halogens is 1. The molecular formula is C13H18BrN3O. The Labute approximate surface area is 116 Å². The van der Waals surface area contributed by atoms with Crippen molar-refractivity contribution >= 4 is 27.5 Å². The van der Waals surface area contributed by atoms with Crippen molar-refractivity contribution in [2.45, 2.75) is 26.1 Å². The highest BCUT2D eigenvalue weighted by Crippen LogP contribution is 2.27. The third-order valence-electron chi connectivity index (χ3n) is 3.01. The SMILES string of the molecule is C[C@@H]1CN(c2ccc(Br)cc2C(=N)N)C[C@H](C)O1. The monoisotopic (exact) mass is 311 g/mol. The number of amidine groups is 1. The summed E-state index contributed by atoms with van der Waals surface area (Å²) in [6.45, 7) is 5.78. The zero-order chi connectivity index (χ0) is 13.3. The molecule has 2 atom stereocenters. The second kappa shape index (κ2) is 5.28. The van der Waals surface area contributed by atoms with Gasteiger partial charge in [0.15, 0.2) is 0 Å². The fourth-order valence-corrected chi connectivity index (χ4v) is 2.74. The first-order valence-corrected chi connectivity index (χ1v) is 6.81. The van der Waals surface area contributed by atoms with E-state index in [-0.39, 0.29) is 18.0 Å². The first-order valence-electron chi connectivity index (χ1n) is 6.01. The summed E-state index contributed by atoms with van der Waals surface area (Å²) in [5.74, 6) is 0.0955. The van der Waals surface area contributed by atoms with Gasteiger partial charge in [0, 0.05) is 28.8 Å². The second-order valence-corrected chi connectivity index (χ2v) is 5.65. The molecule has 98 valence electrons. The van der Waals surface area contributed by atoms with E-state index in [4.69, 9.17) is 15.9 Å². The molecule has 1 aromatic rings. The van der Waals surface area contributed by atoms with Gasteiger partial charge < -0.3 is 15.4 Å². The van der Waals surface area contributed by atoms with Gasteiger partial charge in [0.1, 0.15) is 5.84 Å². The minimum absolute atomic E-state index is 0.0955. The van der Waals surface area contributed by atoms with E-state index in [1.807, 2.05) is 18.2 Å². The van der Waals surface area contributed by atoms with E-state index in [0.717, 1.165) is 28.8 Å². The number of nitrogens with zero attached hydrogens (tertiary/aromatic N) is 1. The average Bonchev–Trinajstić information content (AvgIpc) is 2.27. The van der Waals surface area contributed by atoms with Crippen LogP contribution in [-0.4, -0.2) is 31.1 Å². The highest BCUT2D eigenvalue weighted by molar-refractivity contribution is 9.10. The van der Waals surface area contributed by atoms with E-state index >= 15 is 0 Å². The summed E-state index contributed by atoms with van der Waals surface area (Å²) in [6.07, 6.45) is 0.384. The van der Waals surface area contributed by atoms with Gasteiger partial charge in [0.25, 0.3) is 0 Å². The van der Waals surface area contributed by atoms with Gasteiger partial charge in [-0.15, -0.1) is 0 Å². The molecule has 0 aromatic heterocycles. The van der Waals surface area contributed by atoms with Crippen LogP contribution in [0.3, 0.4) is 0 Å². The van der Waals surface area contributed by atoms with Crippen LogP contribution in [0.1, 0.15) is 19.4 Å². The lowest BCUT2D eigenvalue weighted by Crippen LogP contribution is -2.46. The normalized spacial score (nSPS) is 24.1. The predicted molar refractivity (Wildman–Crippen MR) is 77.4 cm³/mol. The van der Waals surface area contributed by atoms with Gasteiger partial charge in [-0.25, -0.2) is 0 Å². The zero-order valence-corrected chi connectivity index (χ0v) is 12.2. The van der Waals surface area contributed by atoms with Crippen molar-refractivity contribution in [3.63, 3.8) is 0 Å². The molecule has 0 bridgehead atoms. The van der Waals surface area contributed by atoms with Gasteiger partial charge in [-0.1, -0.05) is 15.9 Å². The lowest BCUT2D eigenvalue weighted by Gasteiger charge is -2.37. The van der Waals surface area contributed by atoms with Crippen LogP contribution >= 0.6 is 15.9 Å². The first kappa shape index (κ1) is 13.4. The van der Waals surface area contributed by atoms with Crippen LogP contribution < -0.4 is 10.6 Å². The number of rotatable bonds is 2. The van der Waals surface area contributed by atoms with Gasteiger partial charge >= 0.3 is 0 Å². The molecule has 0 spiro atoms. The molecule has 2 rings (SSSR count). The maximum atomic E-state index is 7.69. The van der Waals surface area contributed by atoms with Crippen molar-refractivity contribution in [2.75, 3.05) is 18.0 Å². The van der Waals surface area contributed by atoms with E-state index in [9.17, 15) is 0 Å². The Hall–Kier alpha value is -1.07. The van der Waals surface area contributed by atoms with Crippen LogP contribution in [0.2, 0.25) is 0 Å². The number of benzene rings is 1. The molecule has 5 heteroatoms. The van der Waals surface area contributed by atoms with E-state index < -0.39 is 0 Å². The van der Waals surface area contributed by atoms with E-state index in [2.05, 4.69) is 34.7 Å². The lowest BCUT2D eigenvalue weighted by atomic mass is 10.1. The fraction of sp³-hybridized carbons (Fsp3) is 0.462. The summed E-state index contributed by atoms with van der Waals surface area (Å²) in [6, 6.07) is 5.88. The van der Waals surface area contributed by atoms with Crippen molar-refractivity contribution in [1.29, 1.82) is 5.41 Å². The van der Waals surface area contributed by atoms with Gasteiger partial charge in [0.2, 0.25) is 0 Å². The summed E-state index contributed by atoms with van der Waals surface area (Å²) in [7, 11) is 0. The minimum atomic E-state index is 0.0955. The summed E-state index contributed by atoms with van der Waals surface area (Å²) < 4.78 is 6.66. The van der Waals surface area contributed by atoms with Gasteiger partial charge in [-0.2, -0.15) is 0 Å². The quantitative estimate of drug-likeness (QED) is 0.651. The summed E-state index contributed by atoms with van der Waals surface area (Å²) >= 11 is 3.42. The molecule has 0 amide bonds. The van der Waals surface area contributed by atoms with Crippen LogP contribution in [0, 0.1) is 5.41 Å². The van der Waals surface area contributed by atoms with Crippen molar-refractivity contribution in [3.8, 4) is 0 Å². The number of hydrogen-bond donors (Lipinski definition) is 2. The molecule has 0 saturated carbocycles. The zero-order valence-electron chi connectivity index (χ0n) is 10.6. The largest absolute Gasteiger partial charge is 0.384 e. The molecule has 1 heterocycles. The average molecular weight is 312 g/mol. The first-order chi connectivity index (χ1) is 8.47. The Bertz CT molecular complexity index is 454. The Kier molecular flexibility index (Phi) is 3.92. The van der Waals surface area contributed by atoms with Gasteiger partial charge in [0.05, 0.1) is 12.2 Å². The molecule has 3 N–H and O–H groups in total. The minimum Gasteiger partial charge on any atom is -0.384 e. The number of nitrogens with two attached hydrogens (primary N) is 1. The molecule has 1 aromatic carbocycles. The number of ether oxygens (including phenoxy) is 1. The molecule has 0 aliphatic carbocycles. The van der Waals surface area contributed by atoms with Crippen LogP contribution in [0.4, 0.5) is 5.69 Å². The Morgan fingerprint density at radius 3 is 2.56 bits per heavy atom. The van der Waals surface area contributed by atoms with Gasteiger partial charge in [-0.05, 0) is 32.0 Å². The Morgan fingerprint density at radius 2 is 2.00 bits per heavy atom. The third-order valence-corrected chi connectivity index (χ3v) is 3.50. The number of hydrogen-bond acceptors (Lipinski definition) is 3. The van der Waals surface area contributed by atoms with Crippen molar-refractivity contribution < 1.29 is 4.74 Å². The summed E-state index contributed by atoms with van der Waals surface area (Å²) in [4.78, 5) is 2.24. The molecule has 4 nitrogen and oxygen atoms in total. The van der Waals surface area contributed by atoms with E-state index in [1.165, 1.54) is 0 Å². The molecular weight excluding hydrogens is 294 g/mol.